The maximum Gasteiger partial charge on any atom is 0.227 e. The van der Waals surface area contributed by atoms with Gasteiger partial charge in [0.25, 0.3) is 0 Å². The lowest BCUT2D eigenvalue weighted by molar-refractivity contribution is -0.136. The van der Waals surface area contributed by atoms with Gasteiger partial charge in [-0.15, -0.1) is 0 Å². The van der Waals surface area contributed by atoms with Crippen molar-refractivity contribution >= 4 is 15.7 Å². The van der Waals surface area contributed by atoms with Crippen LogP contribution in [-0.4, -0.2) is 36.8 Å². The molecule has 1 saturated heterocycles. The Morgan fingerprint density at radius 1 is 1.40 bits per heavy atom. The number of allylic oxidation sites excluding steroid dienone is 2. The Bertz CT molecular complexity index is 772. The maximum atomic E-state index is 13.3. The highest BCUT2D eigenvalue weighted by Crippen LogP contribution is 2.60. The highest BCUT2D eigenvalue weighted by Gasteiger charge is 2.61. The van der Waals surface area contributed by atoms with Crippen molar-refractivity contribution < 1.29 is 17.6 Å². The van der Waals surface area contributed by atoms with E-state index >= 15 is 0 Å². The first-order valence-electron chi connectivity index (χ1n) is 8.80. The van der Waals surface area contributed by atoms with Gasteiger partial charge in [0.15, 0.2) is 9.84 Å². The summed E-state index contributed by atoms with van der Waals surface area (Å²) in [6.07, 6.45) is 4.25. The van der Waals surface area contributed by atoms with Crippen molar-refractivity contribution in [2.24, 2.45) is 17.3 Å². The second-order valence-corrected chi connectivity index (χ2v) is 10.4. The van der Waals surface area contributed by atoms with E-state index in [-0.39, 0.29) is 40.7 Å². The molecule has 6 heteroatoms. The minimum Gasteiger partial charge on any atom is -0.467 e. The van der Waals surface area contributed by atoms with Gasteiger partial charge in [0.1, 0.15) is 5.76 Å². The van der Waals surface area contributed by atoms with Crippen LogP contribution in [0.2, 0.25) is 0 Å². The van der Waals surface area contributed by atoms with Crippen LogP contribution < -0.4 is 0 Å². The molecule has 0 unspecified atom stereocenters. The molecular weight excluding hydrogens is 338 g/mol. The summed E-state index contributed by atoms with van der Waals surface area (Å²) in [5.41, 5.74) is 1.11. The van der Waals surface area contributed by atoms with Crippen LogP contribution in [0.3, 0.4) is 0 Å². The predicted molar refractivity (Wildman–Crippen MR) is 96.5 cm³/mol. The molecule has 2 aliphatic rings. The van der Waals surface area contributed by atoms with Crippen molar-refractivity contribution in [2.45, 2.75) is 46.7 Å². The van der Waals surface area contributed by atoms with Crippen molar-refractivity contribution in [1.82, 2.24) is 4.90 Å². The molecule has 1 aromatic rings. The highest BCUT2D eigenvalue weighted by molar-refractivity contribution is 7.91. The molecule has 0 radical (unpaired) electrons. The zero-order valence-corrected chi connectivity index (χ0v) is 16.2. The quantitative estimate of drug-likeness (QED) is 0.752. The molecule has 3 atom stereocenters. The summed E-state index contributed by atoms with van der Waals surface area (Å²) in [6.45, 7) is 8.63. The molecule has 5 nitrogen and oxygen atoms in total. The average molecular weight is 365 g/mol. The Labute approximate surface area is 150 Å². The van der Waals surface area contributed by atoms with Gasteiger partial charge in [-0.25, -0.2) is 8.42 Å². The van der Waals surface area contributed by atoms with Gasteiger partial charge in [0, 0.05) is 6.04 Å². The second kappa shape index (κ2) is 6.31. The summed E-state index contributed by atoms with van der Waals surface area (Å²) < 4.78 is 29.3. The van der Waals surface area contributed by atoms with Crippen LogP contribution in [-0.2, 0) is 21.2 Å². The first kappa shape index (κ1) is 18.2. The molecule has 1 saturated carbocycles. The van der Waals surface area contributed by atoms with E-state index in [2.05, 4.69) is 19.9 Å². The average Bonchev–Trinajstić information content (AvgIpc) is 2.93. The molecule has 0 bridgehead atoms. The fraction of sp³-hybridized carbons (Fsp3) is 0.632. The lowest BCUT2D eigenvalue weighted by atomic mass is 10.1. The Morgan fingerprint density at radius 2 is 2.12 bits per heavy atom. The van der Waals surface area contributed by atoms with Gasteiger partial charge in [0.05, 0.1) is 30.2 Å². The normalized spacial score (nSPS) is 29.2. The number of carbonyl (C=O) groups is 1. The first-order valence-corrected chi connectivity index (χ1v) is 10.6. The Hall–Kier alpha value is -1.56. The van der Waals surface area contributed by atoms with E-state index in [1.807, 2.05) is 19.9 Å². The summed E-state index contributed by atoms with van der Waals surface area (Å²) >= 11 is 0. The van der Waals surface area contributed by atoms with Crippen LogP contribution in [0.25, 0.3) is 0 Å². The molecule has 1 aromatic heterocycles. The molecule has 0 aromatic carbocycles. The van der Waals surface area contributed by atoms with Crippen LogP contribution >= 0.6 is 0 Å². The van der Waals surface area contributed by atoms with Crippen LogP contribution in [0.4, 0.5) is 0 Å². The zero-order valence-electron chi connectivity index (χ0n) is 15.4. The fourth-order valence-electron chi connectivity index (χ4n) is 3.98. The maximum absolute atomic E-state index is 13.3. The third-order valence-electron chi connectivity index (χ3n) is 5.53. The van der Waals surface area contributed by atoms with Crippen molar-refractivity contribution in [3.63, 3.8) is 0 Å². The molecule has 1 amide bonds. The minimum absolute atomic E-state index is 0.0472. The lowest BCUT2D eigenvalue weighted by Gasteiger charge is -2.28. The molecule has 1 aliphatic heterocycles. The first-order chi connectivity index (χ1) is 11.6. The topological polar surface area (TPSA) is 67.6 Å². The smallest absolute Gasteiger partial charge is 0.227 e. The molecule has 1 aliphatic carbocycles. The van der Waals surface area contributed by atoms with E-state index in [9.17, 15) is 13.2 Å². The number of rotatable bonds is 5. The molecule has 0 spiro atoms. The van der Waals surface area contributed by atoms with Crippen molar-refractivity contribution in [3.05, 3.63) is 35.8 Å². The number of hydrogen-bond donors (Lipinski definition) is 0. The Kier molecular flexibility index (Phi) is 4.60. The molecule has 138 valence electrons. The van der Waals surface area contributed by atoms with E-state index < -0.39 is 9.84 Å². The Morgan fingerprint density at radius 3 is 2.64 bits per heavy atom. The van der Waals surface area contributed by atoms with Crippen LogP contribution in [0, 0.1) is 17.3 Å². The summed E-state index contributed by atoms with van der Waals surface area (Å²) in [5.74, 6) is 1.06. The summed E-state index contributed by atoms with van der Waals surface area (Å²) in [5, 5.41) is 0. The summed E-state index contributed by atoms with van der Waals surface area (Å²) in [6, 6.07) is 3.36. The van der Waals surface area contributed by atoms with Crippen molar-refractivity contribution in [2.75, 3.05) is 11.5 Å². The number of nitrogens with zero attached hydrogens (tertiary/aromatic N) is 1. The van der Waals surface area contributed by atoms with Crippen LogP contribution in [0.15, 0.2) is 34.5 Å². The molecule has 2 heterocycles. The van der Waals surface area contributed by atoms with E-state index in [1.54, 1.807) is 17.2 Å². The second-order valence-electron chi connectivity index (χ2n) is 8.17. The van der Waals surface area contributed by atoms with E-state index in [0.29, 0.717) is 18.7 Å². The third-order valence-corrected chi connectivity index (χ3v) is 7.28. The molecule has 3 rings (SSSR count). The number of hydrogen-bond acceptors (Lipinski definition) is 4. The number of carbonyl (C=O) groups excluding carboxylic acids is 1. The third kappa shape index (κ3) is 3.68. The van der Waals surface area contributed by atoms with Crippen LogP contribution in [0.1, 0.15) is 39.9 Å². The standard InChI is InChI=1S/C19H27NO4S/c1-13(2)10-16-17(19(16,3)4)18(21)20(11-15-6-5-8-24-15)14-7-9-25(22,23)12-14/h5-6,8,10,14,16-17H,7,9,11-12H2,1-4H3/t14-,16-,17-/m1/s1. The SMILES string of the molecule is CC(C)=C[C@@H]1[C@H](C(=O)N(Cc2ccco2)[C@@H]2CCS(=O)(=O)C2)C1(C)C. The van der Waals surface area contributed by atoms with Crippen molar-refractivity contribution in [1.29, 1.82) is 0 Å². The van der Waals surface area contributed by atoms with E-state index in [4.69, 9.17) is 4.42 Å². The van der Waals surface area contributed by atoms with Gasteiger partial charge in [-0.1, -0.05) is 25.5 Å². The highest BCUT2D eigenvalue weighted by atomic mass is 32.2. The zero-order chi connectivity index (χ0) is 18.4. The fourth-order valence-corrected chi connectivity index (χ4v) is 5.71. The van der Waals surface area contributed by atoms with Gasteiger partial charge < -0.3 is 9.32 Å². The van der Waals surface area contributed by atoms with E-state index in [0.717, 1.165) is 0 Å². The summed E-state index contributed by atoms with van der Waals surface area (Å²) in [4.78, 5) is 15.0. The summed E-state index contributed by atoms with van der Waals surface area (Å²) in [7, 11) is -3.06. The lowest BCUT2D eigenvalue weighted by Crippen LogP contribution is -2.42. The number of furan rings is 1. The van der Waals surface area contributed by atoms with Gasteiger partial charge in [-0.2, -0.15) is 0 Å². The Balaban J connectivity index is 1.84. The monoisotopic (exact) mass is 365 g/mol. The van der Waals surface area contributed by atoms with Gasteiger partial charge >= 0.3 is 0 Å². The minimum atomic E-state index is -3.06. The van der Waals surface area contributed by atoms with Gasteiger partial charge in [0.2, 0.25) is 5.91 Å². The van der Waals surface area contributed by atoms with Crippen molar-refractivity contribution in [3.8, 4) is 0 Å². The number of amides is 1. The molecule has 2 fully saturated rings. The molecule has 0 N–H and O–H groups in total. The van der Waals surface area contributed by atoms with Crippen LogP contribution in [0.5, 0.6) is 0 Å². The van der Waals surface area contributed by atoms with E-state index in [1.165, 1.54) is 5.57 Å². The predicted octanol–water partition coefficient (Wildman–Crippen LogP) is 3.03. The largest absolute Gasteiger partial charge is 0.467 e. The molecular formula is C19H27NO4S. The number of sulfone groups is 1. The van der Waals surface area contributed by atoms with Gasteiger partial charge in [-0.05, 0) is 43.7 Å². The molecule has 25 heavy (non-hydrogen) atoms. The van der Waals surface area contributed by atoms with Gasteiger partial charge in [-0.3, -0.25) is 4.79 Å².